The van der Waals surface area contributed by atoms with Gasteiger partial charge in [0.1, 0.15) is 12.4 Å². The molecule has 1 atom stereocenters. The highest BCUT2D eigenvalue weighted by molar-refractivity contribution is 7.09. The minimum Gasteiger partial charge on any atom is -0.487 e. The number of benzene rings is 1. The number of likely N-dealkylation sites (tertiary alicyclic amines) is 1. The highest BCUT2D eigenvalue weighted by Crippen LogP contribution is 2.16. The predicted molar refractivity (Wildman–Crippen MR) is 110 cm³/mol. The minimum atomic E-state index is 0. The molecule has 26 heavy (non-hydrogen) atoms. The molecule has 1 aromatic carbocycles. The maximum atomic E-state index is 12.0. The molecular weight excluding hydrogens is 393 g/mol. The summed E-state index contributed by atoms with van der Waals surface area (Å²) in [5, 5.41) is 3.04. The van der Waals surface area contributed by atoms with Gasteiger partial charge >= 0.3 is 0 Å². The zero-order valence-corrected chi connectivity index (χ0v) is 16.9. The predicted octanol–water partition coefficient (Wildman–Crippen LogP) is 3.45. The zero-order valence-electron chi connectivity index (χ0n) is 14.5. The molecule has 1 saturated heterocycles. The summed E-state index contributed by atoms with van der Waals surface area (Å²) < 4.78 is 5.71. The van der Waals surface area contributed by atoms with Crippen molar-refractivity contribution in [2.75, 3.05) is 13.1 Å². The molecule has 0 spiro atoms. The van der Waals surface area contributed by atoms with Gasteiger partial charge in [0.25, 0.3) is 0 Å². The van der Waals surface area contributed by atoms with Crippen LogP contribution in [0.5, 0.6) is 5.75 Å². The molecular formula is C18H23Cl2N3O2S. The Labute approximate surface area is 170 Å². The lowest BCUT2D eigenvalue weighted by Crippen LogP contribution is -2.30. The quantitative estimate of drug-likeness (QED) is 0.759. The molecule has 0 saturated carbocycles. The van der Waals surface area contributed by atoms with Gasteiger partial charge in [-0.3, -0.25) is 4.79 Å². The van der Waals surface area contributed by atoms with Gasteiger partial charge in [-0.1, -0.05) is 12.1 Å². The SMILES string of the molecule is Cc1nc(COc2ccc(C=CC(=O)N3CC[C@@H](N)C3)cc2)cs1.Cl.Cl. The average Bonchev–Trinajstić information content (AvgIpc) is 3.20. The monoisotopic (exact) mass is 415 g/mol. The van der Waals surface area contributed by atoms with Crippen molar-refractivity contribution in [3.05, 3.63) is 52.0 Å². The van der Waals surface area contributed by atoms with Gasteiger partial charge in [-0.05, 0) is 37.1 Å². The maximum absolute atomic E-state index is 12.0. The van der Waals surface area contributed by atoms with Crippen molar-refractivity contribution in [1.82, 2.24) is 9.88 Å². The number of amides is 1. The topological polar surface area (TPSA) is 68.5 Å². The molecule has 142 valence electrons. The number of ether oxygens (including phenoxy) is 1. The Morgan fingerprint density at radius 1 is 1.38 bits per heavy atom. The van der Waals surface area contributed by atoms with Crippen molar-refractivity contribution < 1.29 is 9.53 Å². The zero-order chi connectivity index (χ0) is 16.9. The molecule has 2 N–H and O–H groups in total. The lowest BCUT2D eigenvalue weighted by Gasteiger charge is -2.12. The molecule has 1 aliphatic rings. The summed E-state index contributed by atoms with van der Waals surface area (Å²) in [6.07, 6.45) is 4.30. The van der Waals surface area contributed by atoms with Crippen LogP contribution in [0.15, 0.2) is 35.7 Å². The van der Waals surface area contributed by atoms with E-state index in [4.69, 9.17) is 10.5 Å². The first-order chi connectivity index (χ1) is 11.6. The second kappa shape index (κ2) is 10.5. The molecule has 2 aromatic rings. The summed E-state index contributed by atoms with van der Waals surface area (Å²) in [6.45, 7) is 3.83. The van der Waals surface area contributed by atoms with E-state index in [2.05, 4.69) is 4.98 Å². The van der Waals surface area contributed by atoms with Crippen molar-refractivity contribution in [3.8, 4) is 5.75 Å². The number of thiazole rings is 1. The summed E-state index contributed by atoms with van der Waals surface area (Å²) in [4.78, 5) is 18.2. The number of aryl methyl sites for hydroxylation is 1. The Hall–Kier alpha value is -1.60. The molecule has 0 aliphatic carbocycles. The van der Waals surface area contributed by atoms with Gasteiger partial charge in [-0.25, -0.2) is 4.98 Å². The lowest BCUT2D eigenvalue weighted by molar-refractivity contribution is -0.124. The Kier molecular flexibility index (Phi) is 9.08. The summed E-state index contributed by atoms with van der Waals surface area (Å²) >= 11 is 1.62. The van der Waals surface area contributed by atoms with Gasteiger partial charge < -0.3 is 15.4 Å². The number of nitrogens with zero attached hydrogens (tertiary/aromatic N) is 2. The molecule has 3 rings (SSSR count). The fourth-order valence-corrected chi connectivity index (χ4v) is 3.16. The van der Waals surface area contributed by atoms with Crippen LogP contribution in [-0.2, 0) is 11.4 Å². The van der Waals surface area contributed by atoms with Crippen LogP contribution < -0.4 is 10.5 Å². The van der Waals surface area contributed by atoms with Crippen molar-refractivity contribution in [2.24, 2.45) is 5.73 Å². The highest BCUT2D eigenvalue weighted by Gasteiger charge is 2.21. The van der Waals surface area contributed by atoms with Crippen molar-refractivity contribution >= 4 is 48.1 Å². The molecule has 1 aromatic heterocycles. The molecule has 0 radical (unpaired) electrons. The molecule has 1 aliphatic heterocycles. The first kappa shape index (κ1) is 22.4. The van der Waals surface area contributed by atoms with Gasteiger partial charge in [0.15, 0.2) is 0 Å². The van der Waals surface area contributed by atoms with Gasteiger partial charge in [-0.15, -0.1) is 36.2 Å². The number of hydrogen-bond donors (Lipinski definition) is 1. The van der Waals surface area contributed by atoms with E-state index in [1.165, 1.54) is 0 Å². The fraction of sp³-hybridized carbons (Fsp3) is 0.333. The summed E-state index contributed by atoms with van der Waals surface area (Å²) in [5.74, 6) is 0.803. The maximum Gasteiger partial charge on any atom is 0.246 e. The molecule has 1 amide bonds. The Morgan fingerprint density at radius 2 is 2.12 bits per heavy atom. The Bertz CT molecular complexity index is 734. The normalized spacial score (nSPS) is 16.2. The third kappa shape index (κ3) is 6.29. The third-order valence-corrected chi connectivity index (χ3v) is 4.71. The van der Waals surface area contributed by atoms with Crippen molar-refractivity contribution in [2.45, 2.75) is 26.0 Å². The van der Waals surface area contributed by atoms with E-state index >= 15 is 0 Å². The standard InChI is InChI=1S/C18H21N3O2S.2ClH/c1-13-20-16(12-24-13)11-23-17-5-2-14(3-6-17)4-7-18(22)21-9-8-15(19)10-21;;/h2-7,12,15H,8-11,19H2,1H3;2*1H/t15-;;/m1../s1. The number of rotatable bonds is 5. The number of carbonyl (C=O) groups excluding carboxylic acids is 1. The number of halogens is 2. The van der Waals surface area contributed by atoms with E-state index in [1.807, 2.05) is 42.6 Å². The van der Waals surface area contributed by atoms with Crippen LogP contribution in [0.25, 0.3) is 6.08 Å². The number of aromatic nitrogens is 1. The summed E-state index contributed by atoms with van der Waals surface area (Å²) in [5.41, 5.74) is 7.73. The van der Waals surface area contributed by atoms with Crippen LogP contribution in [0, 0.1) is 6.92 Å². The Morgan fingerprint density at radius 3 is 2.69 bits per heavy atom. The van der Waals surface area contributed by atoms with E-state index in [1.54, 1.807) is 22.3 Å². The van der Waals surface area contributed by atoms with Crippen molar-refractivity contribution in [3.63, 3.8) is 0 Å². The van der Waals surface area contributed by atoms with Crippen molar-refractivity contribution in [1.29, 1.82) is 0 Å². The molecule has 1 fully saturated rings. The van der Waals surface area contributed by atoms with Crippen LogP contribution in [-0.4, -0.2) is 34.9 Å². The Balaban J connectivity index is 0.00000169. The van der Waals surface area contributed by atoms with Crippen LogP contribution in [0.4, 0.5) is 0 Å². The number of carbonyl (C=O) groups is 1. The average molecular weight is 416 g/mol. The van der Waals surface area contributed by atoms with Gasteiger partial charge in [0.05, 0.1) is 10.7 Å². The fourth-order valence-electron chi connectivity index (χ4n) is 2.57. The minimum absolute atomic E-state index is 0. The van der Waals surface area contributed by atoms with Crippen LogP contribution in [0.1, 0.15) is 22.7 Å². The van der Waals surface area contributed by atoms with Gasteiger partial charge in [0.2, 0.25) is 5.91 Å². The number of nitrogens with two attached hydrogens (primary N) is 1. The molecule has 0 unspecified atom stereocenters. The summed E-state index contributed by atoms with van der Waals surface area (Å²) in [7, 11) is 0. The second-order valence-electron chi connectivity index (χ2n) is 5.88. The molecule has 0 bridgehead atoms. The van der Waals surface area contributed by atoms with Gasteiger partial charge in [-0.2, -0.15) is 0 Å². The van der Waals surface area contributed by atoms with Crippen LogP contribution >= 0.6 is 36.2 Å². The molecule has 2 heterocycles. The largest absolute Gasteiger partial charge is 0.487 e. The van der Waals surface area contributed by atoms with E-state index in [9.17, 15) is 4.79 Å². The smallest absolute Gasteiger partial charge is 0.246 e. The molecule has 8 heteroatoms. The van der Waals surface area contributed by atoms with Gasteiger partial charge in [0, 0.05) is 30.6 Å². The third-order valence-electron chi connectivity index (χ3n) is 3.89. The summed E-state index contributed by atoms with van der Waals surface area (Å²) in [6, 6.07) is 7.77. The highest BCUT2D eigenvalue weighted by atomic mass is 35.5. The number of hydrogen-bond acceptors (Lipinski definition) is 5. The second-order valence-corrected chi connectivity index (χ2v) is 6.94. The van der Waals surface area contributed by atoms with E-state index < -0.39 is 0 Å². The van der Waals surface area contributed by atoms with Crippen LogP contribution in [0.2, 0.25) is 0 Å². The first-order valence-electron chi connectivity index (χ1n) is 7.96. The lowest BCUT2D eigenvalue weighted by atomic mass is 10.2. The van der Waals surface area contributed by atoms with E-state index in [0.717, 1.165) is 35.0 Å². The van der Waals surface area contributed by atoms with E-state index in [-0.39, 0.29) is 36.8 Å². The van der Waals surface area contributed by atoms with Crippen LogP contribution in [0.3, 0.4) is 0 Å². The van der Waals surface area contributed by atoms with E-state index in [0.29, 0.717) is 13.2 Å². The molecule has 5 nitrogen and oxygen atoms in total. The first-order valence-corrected chi connectivity index (χ1v) is 8.84.